The van der Waals surface area contributed by atoms with Crippen molar-refractivity contribution in [3.8, 4) is 5.75 Å². The first-order valence-corrected chi connectivity index (χ1v) is 6.67. The number of ether oxygens (including phenoxy) is 1. The maximum absolute atomic E-state index is 12.1. The minimum Gasteiger partial charge on any atom is -0.435 e. The lowest BCUT2D eigenvalue weighted by Crippen LogP contribution is -2.19. The van der Waals surface area contributed by atoms with Crippen LogP contribution in [0.25, 0.3) is 0 Å². The summed E-state index contributed by atoms with van der Waals surface area (Å²) < 4.78 is 33.6. The van der Waals surface area contributed by atoms with Gasteiger partial charge in [0.25, 0.3) is 0 Å². The van der Waals surface area contributed by atoms with E-state index in [1.807, 2.05) is 20.8 Å². The molecule has 2 aromatic rings. The lowest BCUT2D eigenvalue weighted by molar-refractivity contribution is -0.0498. The van der Waals surface area contributed by atoms with Crippen molar-refractivity contribution < 1.29 is 18.0 Å². The highest BCUT2D eigenvalue weighted by Crippen LogP contribution is 2.21. The summed E-state index contributed by atoms with van der Waals surface area (Å²) in [7, 11) is 0. The average Bonchev–Trinajstić information content (AvgIpc) is 2.76. The third-order valence-electron chi connectivity index (χ3n) is 3.28. The van der Waals surface area contributed by atoms with Crippen molar-refractivity contribution in [2.24, 2.45) is 0 Å². The minimum atomic E-state index is -2.80. The number of benzene rings is 1. The van der Waals surface area contributed by atoms with Crippen molar-refractivity contribution >= 4 is 0 Å². The highest BCUT2D eigenvalue weighted by Gasteiger charge is 2.15. The van der Waals surface area contributed by atoms with Gasteiger partial charge >= 0.3 is 6.61 Å². The van der Waals surface area contributed by atoms with E-state index < -0.39 is 6.61 Å². The molecule has 6 heteroatoms. The van der Waals surface area contributed by atoms with E-state index in [-0.39, 0.29) is 11.8 Å². The van der Waals surface area contributed by atoms with Crippen LogP contribution >= 0.6 is 0 Å². The van der Waals surface area contributed by atoms with E-state index in [1.54, 1.807) is 12.1 Å². The molecule has 0 aliphatic carbocycles. The Morgan fingerprint density at radius 1 is 1.24 bits per heavy atom. The Kier molecular flexibility index (Phi) is 4.90. The van der Waals surface area contributed by atoms with Gasteiger partial charge in [-0.2, -0.15) is 8.78 Å². The van der Waals surface area contributed by atoms with Gasteiger partial charge < -0.3 is 14.6 Å². The summed E-state index contributed by atoms with van der Waals surface area (Å²) in [6.45, 7) is 3.62. The van der Waals surface area contributed by atoms with Crippen molar-refractivity contribution in [1.82, 2.24) is 10.5 Å². The summed E-state index contributed by atoms with van der Waals surface area (Å²) >= 11 is 0. The van der Waals surface area contributed by atoms with Gasteiger partial charge in [0.2, 0.25) is 0 Å². The van der Waals surface area contributed by atoms with Gasteiger partial charge in [0.15, 0.2) is 0 Å². The second-order valence-corrected chi connectivity index (χ2v) is 4.86. The summed E-state index contributed by atoms with van der Waals surface area (Å²) in [5.41, 5.74) is 2.90. The summed E-state index contributed by atoms with van der Waals surface area (Å²) in [4.78, 5) is 0. The molecule has 0 radical (unpaired) electrons. The quantitative estimate of drug-likeness (QED) is 0.882. The number of hydrogen-bond acceptors (Lipinski definition) is 4. The summed E-state index contributed by atoms with van der Waals surface area (Å²) in [6.07, 6.45) is 0. The molecule has 114 valence electrons. The van der Waals surface area contributed by atoms with E-state index in [4.69, 9.17) is 4.52 Å². The molecule has 1 atom stereocenters. The second-order valence-electron chi connectivity index (χ2n) is 4.86. The molecule has 0 bridgehead atoms. The number of halogens is 2. The fourth-order valence-corrected chi connectivity index (χ4v) is 2.27. The molecule has 2 rings (SSSR count). The first kappa shape index (κ1) is 15.4. The SMILES string of the molecule is Cc1noc(C)c1C(C)NCc1ccc(OC(F)F)cc1. The lowest BCUT2D eigenvalue weighted by atomic mass is 10.1. The molecule has 0 fully saturated rings. The van der Waals surface area contributed by atoms with Gasteiger partial charge in [-0.05, 0) is 38.5 Å². The predicted molar refractivity (Wildman–Crippen MR) is 74.3 cm³/mol. The zero-order valence-electron chi connectivity index (χ0n) is 12.2. The van der Waals surface area contributed by atoms with E-state index in [9.17, 15) is 8.78 Å². The molecule has 0 saturated carbocycles. The maximum atomic E-state index is 12.1. The van der Waals surface area contributed by atoms with Gasteiger partial charge in [-0.1, -0.05) is 17.3 Å². The highest BCUT2D eigenvalue weighted by atomic mass is 19.3. The van der Waals surface area contributed by atoms with Gasteiger partial charge in [-0.25, -0.2) is 0 Å². The number of nitrogens with one attached hydrogen (secondary N) is 1. The number of nitrogens with zero attached hydrogens (tertiary/aromatic N) is 1. The standard InChI is InChI=1S/C15H18F2N2O2/c1-9(14-10(2)19-21-11(14)3)18-8-12-4-6-13(7-5-12)20-15(16)17/h4-7,9,15,18H,8H2,1-3H3. The Hall–Kier alpha value is -1.95. The Balaban J connectivity index is 1.94. The van der Waals surface area contributed by atoms with Crippen LogP contribution in [0, 0.1) is 13.8 Å². The summed E-state index contributed by atoms with van der Waals surface area (Å²) in [5, 5.41) is 7.28. The molecule has 0 aliphatic heterocycles. The Bertz CT molecular complexity index is 562. The van der Waals surface area contributed by atoms with Gasteiger partial charge in [-0.3, -0.25) is 0 Å². The van der Waals surface area contributed by atoms with Gasteiger partial charge in [-0.15, -0.1) is 0 Å². The number of rotatable bonds is 6. The smallest absolute Gasteiger partial charge is 0.387 e. The molecule has 0 aliphatic rings. The average molecular weight is 296 g/mol. The molecule has 0 amide bonds. The summed E-state index contributed by atoms with van der Waals surface area (Å²) in [6, 6.07) is 6.66. The van der Waals surface area contributed by atoms with E-state index in [0.717, 1.165) is 22.6 Å². The highest BCUT2D eigenvalue weighted by molar-refractivity contribution is 5.28. The molecule has 1 aromatic heterocycles. The van der Waals surface area contributed by atoms with Crippen LogP contribution in [0.4, 0.5) is 8.78 Å². The molecular formula is C15H18F2N2O2. The topological polar surface area (TPSA) is 47.3 Å². The van der Waals surface area contributed by atoms with Crippen LogP contribution in [0.1, 0.15) is 35.5 Å². The van der Waals surface area contributed by atoms with Crippen molar-refractivity contribution in [2.75, 3.05) is 0 Å². The number of aromatic nitrogens is 1. The van der Waals surface area contributed by atoms with Gasteiger partial charge in [0.1, 0.15) is 11.5 Å². The predicted octanol–water partition coefficient (Wildman–Crippen LogP) is 3.74. The minimum absolute atomic E-state index is 0.0910. The van der Waals surface area contributed by atoms with E-state index in [1.165, 1.54) is 12.1 Å². The fraction of sp³-hybridized carbons (Fsp3) is 0.400. The Morgan fingerprint density at radius 2 is 1.90 bits per heavy atom. The van der Waals surface area contributed by atoms with Crippen molar-refractivity contribution in [3.63, 3.8) is 0 Å². The van der Waals surface area contributed by atoms with E-state index in [2.05, 4.69) is 15.2 Å². The van der Waals surface area contributed by atoms with Gasteiger partial charge in [0.05, 0.1) is 5.69 Å². The molecule has 1 unspecified atom stereocenters. The number of hydrogen-bond donors (Lipinski definition) is 1. The van der Waals surface area contributed by atoms with Crippen molar-refractivity contribution in [2.45, 2.75) is 40.0 Å². The molecule has 0 spiro atoms. The zero-order valence-corrected chi connectivity index (χ0v) is 12.2. The molecule has 1 heterocycles. The van der Waals surface area contributed by atoms with Crippen LogP contribution < -0.4 is 10.1 Å². The molecular weight excluding hydrogens is 278 g/mol. The summed E-state index contributed by atoms with van der Waals surface area (Å²) in [5.74, 6) is 0.959. The lowest BCUT2D eigenvalue weighted by Gasteiger charge is -2.14. The Morgan fingerprint density at radius 3 is 2.43 bits per heavy atom. The molecule has 1 N–H and O–H groups in total. The third-order valence-corrected chi connectivity index (χ3v) is 3.28. The number of aryl methyl sites for hydroxylation is 2. The monoisotopic (exact) mass is 296 g/mol. The van der Waals surface area contributed by atoms with Crippen molar-refractivity contribution in [3.05, 3.63) is 46.8 Å². The van der Waals surface area contributed by atoms with Crippen molar-refractivity contribution in [1.29, 1.82) is 0 Å². The number of alkyl halides is 2. The molecule has 21 heavy (non-hydrogen) atoms. The normalized spacial score (nSPS) is 12.7. The third kappa shape index (κ3) is 4.01. The van der Waals surface area contributed by atoms with Crippen LogP contribution in [0.3, 0.4) is 0 Å². The first-order valence-electron chi connectivity index (χ1n) is 6.67. The fourth-order valence-electron chi connectivity index (χ4n) is 2.27. The zero-order chi connectivity index (χ0) is 15.4. The largest absolute Gasteiger partial charge is 0.435 e. The Labute approximate surface area is 122 Å². The van der Waals surface area contributed by atoms with Crippen LogP contribution in [-0.2, 0) is 6.54 Å². The van der Waals surface area contributed by atoms with Crippen LogP contribution in [0.5, 0.6) is 5.75 Å². The van der Waals surface area contributed by atoms with E-state index >= 15 is 0 Å². The first-order chi connectivity index (χ1) is 9.97. The van der Waals surface area contributed by atoms with Crippen LogP contribution in [-0.4, -0.2) is 11.8 Å². The molecule has 1 aromatic carbocycles. The molecule has 4 nitrogen and oxygen atoms in total. The van der Waals surface area contributed by atoms with Gasteiger partial charge in [0, 0.05) is 18.2 Å². The second kappa shape index (κ2) is 6.67. The van der Waals surface area contributed by atoms with E-state index in [0.29, 0.717) is 6.54 Å². The maximum Gasteiger partial charge on any atom is 0.387 e. The van der Waals surface area contributed by atoms with Crippen LogP contribution in [0.2, 0.25) is 0 Å². The molecule has 0 saturated heterocycles. The van der Waals surface area contributed by atoms with Crippen LogP contribution in [0.15, 0.2) is 28.8 Å².